The molecule has 1 aromatic heterocycles. The first kappa shape index (κ1) is 18.6. The van der Waals surface area contributed by atoms with Gasteiger partial charge in [0.05, 0.1) is 11.0 Å². The van der Waals surface area contributed by atoms with Crippen LogP contribution >= 0.6 is 0 Å². The molecule has 2 heterocycles. The van der Waals surface area contributed by atoms with E-state index in [1.165, 1.54) is 16.7 Å². The highest BCUT2D eigenvalue weighted by molar-refractivity contribution is 5.96. The summed E-state index contributed by atoms with van der Waals surface area (Å²) in [4.78, 5) is 19.7. The highest BCUT2D eigenvalue weighted by Gasteiger charge is 2.34. The quantitative estimate of drug-likeness (QED) is 0.475. The predicted molar refractivity (Wildman–Crippen MR) is 121 cm³/mol. The van der Waals surface area contributed by atoms with Crippen LogP contribution in [0.4, 0.5) is 5.69 Å². The van der Waals surface area contributed by atoms with Crippen LogP contribution in [-0.2, 0) is 11.3 Å². The summed E-state index contributed by atoms with van der Waals surface area (Å²) in [6, 6.07) is 25.0. The number of nitrogens with zero attached hydrogens (tertiary/aromatic N) is 3. The van der Waals surface area contributed by atoms with Crippen molar-refractivity contribution in [1.82, 2.24) is 9.55 Å². The van der Waals surface area contributed by atoms with Gasteiger partial charge < -0.3 is 9.47 Å². The molecule has 4 heteroatoms. The van der Waals surface area contributed by atoms with Crippen LogP contribution in [0.1, 0.15) is 34.9 Å². The van der Waals surface area contributed by atoms with Gasteiger partial charge in [0.15, 0.2) is 0 Å². The molecule has 1 amide bonds. The highest BCUT2D eigenvalue weighted by atomic mass is 16.2. The molecule has 1 atom stereocenters. The monoisotopic (exact) mass is 395 g/mol. The van der Waals surface area contributed by atoms with Gasteiger partial charge in [-0.15, -0.1) is 0 Å². The molecule has 0 spiro atoms. The number of aryl methyl sites for hydroxylation is 2. The maximum absolute atomic E-state index is 12.9. The molecule has 0 saturated carbocycles. The summed E-state index contributed by atoms with van der Waals surface area (Å²) in [5.74, 6) is 1.25. The number of carbonyl (C=O) groups excluding carboxylic acids is 1. The van der Waals surface area contributed by atoms with Crippen molar-refractivity contribution in [2.24, 2.45) is 0 Å². The van der Waals surface area contributed by atoms with Crippen molar-refractivity contribution in [1.29, 1.82) is 0 Å². The number of aromatic nitrogens is 2. The molecular weight excluding hydrogens is 370 g/mol. The van der Waals surface area contributed by atoms with Gasteiger partial charge in [-0.1, -0.05) is 59.7 Å². The Bertz CT molecular complexity index is 1220. The predicted octanol–water partition coefficient (Wildman–Crippen LogP) is 5.22. The summed E-state index contributed by atoms with van der Waals surface area (Å²) in [5, 5.41) is 0. The number of benzene rings is 3. The summed E-state index contributed by atoms with van der Waals surface area (Å²) in [6.45, 7) is 5.60. The van der Waals surface area contributed by atoms with E-state index in [1.807, 2.05) is 23.1 Å². The molecule has 1 saturated heterocycles. The second-order valence-electron chi connectivity index (χ2n) is 8.27. The minimum absolute atomic E-state index is 0.0796. The molecule has 1 aliphatic heterocycles. The summed E-state index contributed by atoms with van der Waals surface area (Å²) in [7, 11) is 0. The molecule has 4 nitrogen and oxygen atoms in total. The van der Waals surface area contributed by atoms with Gasteiger partial charge in [0.1, 0.15) is 5.82 Å². The minimum atomic E-state index is 0.0796. The fourth-order valence-corrected chi connectivity index (χ4v) is 4.42. The Hall–Kier alpha value is -3.40. The second kappa shape index (κ2) is 7.45. The van der Waals surface area contributed by atoms with Crippen LogP contribution in [0.15, 0.2) is 72.8 Å². The Balaban J connectivity index is 1.52. The first-order chi connectivity index (χ1) is 14.6. The van der Waals surface area contributed by atoms with E-state index in [0.29, 0.717) is 13.0 Å². The lowest BCUT2D eigenvalue weighted by Crippen LogP contribution is -2.24. The Morgan fingerprint density at radius 2 is 1.73 bits per heavy atom. The molecule has 30 heavy (non-hydrogen) atoms. The minimum Gasteiger partial charge on any atom is -0.323 e. The van der Waals surface area contributed by atoms with Gasteiger partial charge in [-0.05, 0) is 43.7 Å². The molecule has 0 N–H and O–H groups in total. The molecular formula is C26H25N3O. The summed E-state index contributed by atoms with van der Waals surface area (Å²) in [6.07, 6.45) is 0.491. The molecule has 0 unspecified atom stereocenters. The van der Waals surface area contributed by atoms with Crippen LogP contribution in [0, 0.1) is 13.8 Å². The number of imidazole rings is 1. The van der Waals surface area contributed by atoms with Gasteiger partial charge in [0.2, 0.25) is 5.91 Å². The van der Waals surface area contributed by atoms with Crippen LogP contribution in [0.25, 0.3) is 11.0 Å². The Morgan fingerprint density at radius 3 is 2.53 bits per heavy atom. The lowest BCUT2D eigenvalue weighted by molar-refractivity contribution is -0.117. The van der Waals surface area contributed by atoms with Crippen LogP contribution in [-0.4, -0.2) is 22.0 Å². The first-order valence-corrected chi connectivity index (χ1v) is 10.5. The maximum Gasteiger partial charge on any atom is 0.227 e. The zero-order valence-corrected chi connectivity index (χ0v) is 17.4. The largest absolute Gasteiger partial charge is 0.323 e. The van der Waals surface area contributed by atoms with E-state index in [-0.39, 0.29) is 11.8 Å². The van der Waals surface area contributed by atoms with Crippen LogP contribution in [0.3, 0.4) is 0 Å². The SMILES string of the molecule is Cc1ccc(N2C[C@H](c3nc4ccccc4n3Cc3cccc(C)c3)CC2=O)cc1. The molecule has 1 fully saturated rings. The third-order valence-corrected chi connectivity index (χ3v) is 5.94. The molecule has 5 rings (SSSR count). The summed E-state index contributed by atoms with van der Waals surface area (Å²) >= 11 is 0. The van der Waals surface area contributed by atoms with Crippen molar-refractivity contribution in [3.05, 3.63) is 95.3 Å². The van der Waals surface area contributed by atoms with E-state index in [1.54, 1.807) is 0 Å². The van der Waals surface area contributed by atoms with E-state index in [0.717, 1.165) is 29.1 Å². The molecule has 3 aromatic carbocycles. The third kappa shape index (κ3) is 3.39. The Morgan fingerprint density at radius 1 is 0.933 bits per heavy atom. The number of hydrogen-bond donors (Lipinski definition) is 0. The first-order valence-electron chi connectivity index (χ1n) is 10.5. The maximum atomic E-state index is 12.9. The molecule has 150 valence electrons. The van der Waals surface area contributed by atoms with Crippen molar-refractivity contribution >= 4 is 22.6 Å². The number of carbonyl (C=O) groups is 1. The van der Waals surface area contributed by atoms with Crippen molar-refractivity contribution in [3.8, 4) is 0 Å². The van der Waals surface area contributed by atoms with Gasteiger partial charge in [0, 0.05) is 31.1 Å². The number of para-hydroxylation sites is 2. The average molecular weight is 396 g/mol. The number of amides is 1. The number of hydrogen-bond acceptors (Lipinski definition) is 2. The summed E-state index contributed by atoms with van der Waals surface area (Å²) in [5.41, 5.74) is 6.77. The number of fused-ring (bicyclic) bond motifs is 1. The standard InChI is InChI=1S/C26H25N3O/c1-18-10-12-22(13-11-18)28-17-21(15-25(28)30)26-27-23-8-3-4-9-24(23)29(26)16-20-7-5-6-19(2)14-20/h3-14,21H,15-17H2,1-2H3/t21-/m1/s1. The highest BCUT2D eigenvalue weighted by Crippen LogP contribution is 2.33. The number of rotatable bonds is 4. The fourth-order valence-electron chi connectivity index (χ4n) is 4.42. The van der Waals surface area contributed by atoms with E-state index < -0.39 is 0 Å². The number of anilines is 1. The van der Waals surface area contributed by atoms with Gasteiger partial charge in [0.25, 0.3) is 0 Å². The zero-order chi connectivity index (χ0) is 20.7. The van der Waals surface area contributed by atoms with E-state index in [9.17, 15) is 4.79 Å². The van der Waals surface area contributed by atoms with Gasteiger partial charge >= 0.3 is 0 Å². The van der Waals surface area contributed by atoms with Gasteiger partial charge in [-0.2, -0.15) is 0 Å². The second-order valence-corrected chi connectivity index (χ2v) is 8.27. The fraction of sp³-hybridized carbons (Fsp3) is 0.231. The molecule has 4 aromatic rings. The average Bonchev–Trinajstić information content (AvgIpc) is 3.30. The Labute approximate surface area is 176 Å². The molecule has 1 aliphatic rings. The van der Waals surface area contributed by atoms with Crippen molar-refractivity contribution < 1.29 is 4.79 Å². The molecule has 0 bridgehead atoms. The van der Waals surface area contributed by atoms with E-state index in [2.05, 4.69) is 73.0 Å². The van der Waals surface area contributed by atoms with Gasteiger partial charge in [-0.3, -0.25) is 4.79 Å². The van der Waals surface area contributed by atoms with Crippen molar-refractivity contribution in [2.75, 3.05) is 11.4 Å². The van der Waals surface area contributed by atoms with Crippen LogP contribution in [0.5, 0.6) is 0 Å². The normalized spacial score (nSPS) is 16.5. The van der Waals surface area contributed by atoms with E-state index in [4.69, 9.17) is 4.98 Å². The molecule has 0 radical (unpaired) electrons. The third-order valence-electron chi connectivity index (χ3n) is 5.94. The van der Waals surface area contributed by atoms with Crippen LogP contribution in [0.2, 0.25) is 0 Å². The van der Waals surface area contributed by atoms with E-state index >= 15 is 0 Å². The topological polar surface area (TPSA) is 38.1 Å². The van der Waals surface area contributed by atoms with Crippen LogP contribution < -0.4 is 4.90 Å². The van der Waals surface area contributed by atoms with Gasteiger partial charge in [-0.25, -0.2) is 4.98 Å². The zero-order valence-electron chi connectivity index (χ0n) is 17.4. The van der Waals surface area contributed by atoms with Crippen molar-refractivity contribution in [3.63, 3.8) is 0 Å². The lowest BCUT2D eigenvalue weighted by Gasteiger charge is -2.18. The Kier molecular flexibility index (Phi) is 4.62. The lowest BCUT2D eigenvalue weighted by atomic mass is 10.1. The summed E-state index contributed by atoms with van der Waals surface area (Å²) < 4.78 is 2.29. The molecule has 0 aliphatic carbocycles. The van der Waals surface area contributed by atoms with Crippen molar-refractivity contribution in [2.45, 2.75) is 32.7 Å². The smallest absolute Gasteiger partial charge is 0.227 e.